The van der Waals surface area contributed by atoms with Crippen molar-refractivity contribution in [3.05, 3.63) is 54.6 Å². The lowest BCUT2D eigenvalue weighted by Crippen LogP contribution is -1.67. The van der Waals surface area contributed by atoms with Crippen LogP contribution in [-0.4, -0.2) is 0 Å². The number of allylic oxidation sites excluding steroid dienone is 2. The van der Waals surface area contributed by atoms with Gasteiger partial charge in [-0.05, 0) is 18.1 Å². The Morgan fingerprint density at radius 1 is 1.36 bits per heavy atom. The molecule has 55 valence electrons. The van der Waals surface area contributed by atoms with Gasteiger partial charge in [-0.25, -0.2) is 0 Å². The molecule has 0 amide bonds. The molecule has 0 spiro atoms. The molecule has 0 aliphatic heterocycles. The van der Waals surface area contributed by atoms with Gasteiger partial charge in [0.15, 0.2) is 0 Å². The molecule has 0 aliphatic rings. The normalized spacial score (nSPS) is 10.2. The average Bonchev–Trinajstić information content (AvgIpc) is 2.07. The highest BCUT2D eigenvalue weighted by molar-refractivity contribution is 5.48. The minimum atomic E-state index is 0.929. The Hall–Kier alpha value is -1.30. The summed E-state index contributed by atoms with van der Waals surface area (Å²) in [6.45, 7) is 3.63. The summed E-state index contributed by atoms with van der Waals surface area (Å²) < 4.78 is 0. The average molecular weight is 143 g/mol. The zero-order chi connectivity index (χ0) is 7.94. The van der Waals surface area contributed by atoms with Crippen LogP contribution in [0.3, 0.4) is 0 Å². The lowest BCUT2D eigenvalue weighted by molar-refractivity contribution is 1.42. The molecule has 1 aromatic carbocycles. The summed E-state index contributed by atoms with van der Waals surface area (Å²) in [6, 6.07) is 10.8. The van der Waals surface area contributed by atoms with Crippen LogP contribution >= 0.6 is 0 Å². The molecule has 11 heavy (non-hydrogen) atoms. The summed E-state index contributed by atoms with van der Waals surface area (Å²) in [4.78, 5) is 0. The van der Waals surface area contributed by atoms with Gasteiger partial charge in [-0.3, -0.25) is 0 Å². The van der Waals surface area contributed by atoms with Gasteiger partial charge in [-0.2, -0.15) is 0 Å². The molecule has 1 radical (unpaired) electrons. The third-order valence-electron chi connectivity index (χ3n) is 1.36. The largest absolute Gasteiger partial charge is 0.103 e. The highest BCUT2D eigenvalue weighted by atomic mass is 13.9. The molecule has 0 saturated heterocycles. The number of rotatable bonds is 3. The Bertz CT molecular complexity index is 231. The SMILES string of the molecule is C=CCC=Cc1cc[c]cc1. The maximum atomic E-state index is 3.63. The fourth-order valence-electron chi connectivity index (χ4n) is 0.811. The van der Waals surface area contributed by atoms with Crippen LogP contribution in [0, 0.1) is 6.07 Å². The van der Waals surface area contributed by atoms with Crippen molar-refractivity contribution >= 4 is 6.08 Å². The maximum Gasteiger partial charge on any atom is -0.0169 e. The van der Waals surface area contributed by atoms with Crippen LogP contribution in [0.15, 0.2) is 43.0 Å². The summed E-state index contributed by atoms with van der Waals surface area (Å²) in [5.41, 5.74) is 1.21. The zero-order valence-electron chi connectivity index (χ0n) is 6.46. The first-order chi connectivity index (χ1) is 5.43. The van der Waals surface area contributed by atoms with Crippen LogP contribution in [0.4, 0.5) is 0 Å². The van der Waals surface area contributed by atoms with Crippen LogP contribution in [0.2, 0.25) is 0 Å². The third-order valence-corrected chi connectivity index (χ3v) is 1.36. The van der Waals surface area contributed by atoms with Crippen molar-refractivity contribution in [1.82, 2.24) is 0 Å². The molecule has 0 aliphatic carbocycles. The summed E-state index contributed by atoms with van der Waals surface area (Å²) in [5, 5.41) is 0. The molecule has 0 bridgehead atoms. The van der Waals surface area contributed by atoms with Crippen molar-refractivity contribution in [1.29, 1.82) is 0 Å². The third kappa shape index (κ3) is 2.85. The minimum absolute atomic E-state index is 0.929. The molecular formula is C11H11. The molecule has 0 atom stereocenters. The molecule has 0 saturated carbocycles. The van der Waals surface area contributed by atoms with Crippen LogP contribution in [0.1, 0.15) is 12.0 Å². The highest BCUT2D eigenvalue weighted by Crippen LogP contribution is 2.00. The lowest BCUT2D eigenvalue weighted by Gasteiger charge is -1.88. The molecule has 0 heteroatoms. The number of hydrogen-bond acceptors (Lipinski definition) is 0. The van der Waals surface area contributed by atoms with Crippen molar-refractivity contribution in [3.8, 4) is 0 Å². The van der Waals surface area contributed by atoms with Gasteiger partial charge in [-0.1, -0.05) is 42.5 Å². The fraction of sp³-hybridized carbons (Fsp3) is 0.0909. The molecule has 0 heterocycles. The van der Waals surface area contributed by atoms with Crippen molar-refractivity contribution in [3.63, 3.8) is 0 Å². The van der Waals surface area contributed by atoms with Crippen molar-refractivity contribution in [2.45, 2.75) is 6.42 Å². The van der Waals surface area contributed by atoms with Gasteiger partial charge < -0.3 is 0 Å². The van der Waals surface area contributed by atoms with Crippen molar-refractivity contribution in [2.24, 2.45) is 0 Å². The first-order valence-electron chi connectivity index (χ1n) is 3.67. The lowest BCUT2D eigenvalue weighted by atomic mass is 10.2. The Kier molecular flexibility index (Phi) is 3.20. The van der Waals surface area contributed by atoms with E-state index in [4.69, 9.17) is 0 Å². The van der Waals surface area contributed by atoms with E-state index < -0.39 is 0 Å². The van der Waals surface area contributed by atoms with Gasteiger partial charge in [0, 0.05) is 0 Å². The molecule has 0 nitrogen and oxygen atoms in total. The second-order valence-electron chi connectivity index (χ2n) is 2.26. The smallest absolute Gasteiger partial charge is 0.0169 e. The molecule has 1 aromatic rings. The quantitative estimate of drug-likeness (QED) is 0.570. The molecule has 0 N–H and O–H groups in total. The zero-order valence-corrected chi connectivity index (χ0v) is 6.46. The molecule has 0 aromatic heterocycles. The highest BCUT2D eigenvalue weighted by Gasteiger charge is 1.79. The molecular weight excluding hydrogens is 132 g/mol. The predicted octanol–water partition coefficient (Wildman–Crippen LogP) is 3.08. The van der Waals surface area contributed by atoms with E-state index in [-0.39, 0.29) is 0 Å². The molecule has 1 rings (SSSR count). The Labute approximate surface area is 67.9 Å². The van der Waals surface area contributed by atoms with E-state index in [1.807, 2.05) is 30.3 Å². The van der Waals surface area contributed by atoms with E-state index in [1.165, 1.54) is 5.56 Å². The van der Waals surface area contributed by atoms with Crippen molar-refractivity contribution < 1.29 is 0 Å². The topological polar surface area (TPSA) is 0 Å². The number of benzene rings is 1. The fourth-order valence-corrected chi connectivity index (χ4v) is 0.811. The van der Waals surface area contributed by atoms with E-state index in [0.717, 1.165) is 6.42 Å². The van der Waals surface area contributed by atoms with Gasteiger partial charge in [0.1, 0.15) is 0 Å². The van der Waals surface area contributed by atoms with Gasteiger partial charge in [-0.15, -0.1) is 6.58 Å². The Balaban J connectivity index is 2.57. The van der Waals surface area contributed by atoms with E-state index in [9.17, 15) is 0 Å². The van der Waals surface area contributed by atoms with E-state index in [1.54, 1.807) is 0 Å². The van der Waals surface area contributed by atoms with Gasteiger partial charge >= 0.3 is 0 Å². The van der Waals surface area contributed by atoms with E-state index in [0.29, 0.717) is 0 Å². The maximum absolute atomic E-state index is 3.63. The van der Waals surface area contributed by atoms with E-state index in [2.05, 4.69) is 24.8 Å². The molecule has 0 unspecified atom stereocenters. The van der Waals surface area contributed by atoms with Crippen LogP contribution < -0.4 is 0 Å². The van der Waals surface area contributed by atoms with Gasteiger partial charge in [0.25, 0.3) is 0 Å². The second-order valence-corrected chi connectivity index (χ2v) is 2.26. The Morgan fingerprint density at radius 2 is 2.09 bits per heavy atom. The first kappa shape index (κ1) is 7.80. The Morgan fingerprint density at radius 3 is 2.73 bits per heavy atom. The summed E-state index contributed by atoms with van der Waals surface area (Å²) >= 11 is 0. The number of hydrogen-bond donors (Lipinski definition) is 0. The van der Waals surface area contributed by atoms with E-state index >= 15 is 0 Å². The second kappa shape index (κ2) is 4.51. The summed E-state index contributed by atoms with van der Waals surface area (Å²) in [7, 11) is 0. The summed E-state index contributed by atoms with van der Waals surface area (Å²) in [5.74, 6) is 0. The first-order valence-corrected chi connectivity index (χ1v) is 3.67. The molecule has 0 fully saturated rings. The van der Waals surface area contributed by atoms with Crippen LogP contribution in [0.25, 0.3) is 6.08 Å². The minimum Gasteiger partial charge on any atom is -0.103 e. The predicted molar refractivity (Wildman–Crippen MR) is 49.1 cm³/mol. The standard InChI is InChI=1S/C11H11/c1-2-3-5-8-11-9-6-4-7-10-11/h2,5-10H,1,3H2. The van der Waals surface area contributed by atoms with Crippen molar-refractivity contribution in [2.75, 3.05) is 0 Å². The summed E-state index contributed by atoms with van der Waals surface area (Å²) in [6.07, 6.45) is 6.97. The van der Waals surface area contributed by atoms with Gasteiger partial charge in [0.2, 0.25) is 0 Å². The van der Waals surface area contributed by atoms with Gasteiger partial charge in [0.05, 0.1) is 0 Å². The van der Waals surface area contributed by atoms with Crippen LogP contribution in [0.5, 0.6) is 0 Å². The van der Waals surface area contributed by atoms with Crippen LogP contribution in [-0.2, 0) is 0 Å². The monoisotopic (exact) mass is 143 g/mol.